The first-order valence-electron chi connectivity index (χ1n) is 7.99. The van der Waals surface area contributed by atoms with Crippen LogP contribution in [-0.4, -0.2) is 47.1 Å². The Morgan fingerprint density at radius 1 is 1.15 bits per heavy atom. The minimum atomic E-state index is -3.74. The lowest BCUT2D eigenvalue weighted by Crippen LogP contribution is -2.34. The van der Waals surface area contributed by atoms with Gasteiger partial charge in [-0.2, -0.15) is 4.72 Å². The fourth-order valence-corrected chi connectivity index (χ4v) is 4.03. The molecule has 1 heterocycles. The molecule has 0 aliphatic heterocycles. The van der Waals surface area contributed by atoms with E-state index in [0.29, 0.717) is 13.0 Å². The van der Waals surface area contributed by atoms with Crippen LogP contribution in [-0.2, 0) is 30.8 Å². The average molecular weight is 412 g/mol. The molecule has 0 radical (unpaired) electrons. The largest absolute Gasteiger partial charge is 0.497 e. The fourth-order valence-electron chi connectivity index (χ4n) is 2.03. The summed E-state index contributed by atoms with van der Waals surface area (Å²) in [6, 6.07) is 10.5. The Morgan fingerprint density at radius 3 is 2.52 bits per heavy atom. The summed E-state index contributed by atoms with van der Waals surface area (Å²) < 4.78 is 35.8. The number of carbonyl (C=O) groups excluding carboxylic acids is 2. The molecule has 0 bridgehead atoms. The summed E-state index contributed by atoms with van der Waals surface area (Å²) in [5, 5.41) is 4.24. The number of carbonyl (C=O) groups is 2. The molecular weight excluding hydrogens is 392 g/mol. The van der Waals surface area contributed by atoms with Gasteiger partial charge in [-0.3, -0.25) is 9.59 Å². The zero-order valence-corrected chi connectivity index (χ0v) is 16.3. The van der Waals surface area contributed by atoms with Crippen LogP contribution in [0.1, 0.15) is 5.56 Å². The number of nitrogens with one attached hydrogen (secondary N) is 2. The van der Waals surface area contributed by atoms with Crippen molar-refractivity contribution in [3.8, 4) is 5.75 Å². The highest BCUT2D eigenvalue weighted by molar-refractivity contribution is 7.91. The molecule has 1 amide bonds. The normalized spacial score (nSPS) is 11.0. The van der Waals surface area contributed by atoms with Crippen LogP contribution in [0.4, 0.5) is 0 Å². The maximum atomic E-state index is 11.9. The van der Waals surface area contributed by atoms with Gasteiger partial charge in [0.15, 0.2) is 6.61 Å². The number of rotatable bonds is 10. The van der Waals surface area contributed by atoms with E-state index < -0.39 is 35.1 Å². The number of methoxy groups -OCH3 is 1. The number of ether oxygens (including phenoxy) is 2. The van der Waals surface area contributed by atoms with E-state index in [1.54, 1.807) is 18.6 Å². The lowest BCUT2D eigenvalue weighted by Gasteiger charge is -2.08. The lowest BCUT2D eigenvalue weighted by atomic mass is 10.1. The summed E-state index contributed by atoms with van der Waals surface area (Å²) in [6.07, 6.45) is 0.615. The SMILES string of the molecule is COc1ccc(CCNC(=O)COC(=O)CNS(=O)(=O)c2cccs2)cc1. The summed E-state index contributed by atoms with van der Waals surface area (Å²) in [7, 11) is -2.16. The monoisotopic (exact) mass is 412 g/mol. The van der Waals surface area contributed by atoms with Gasteiger partial charge in [-0.05, 0) is 35.6 Å². The van der Waals surface area contributed by atoms with Gasteiger partial charge in [0.1, 0.15) is 16.5 Å². The molecule has 10 heteroatoms. The van der Waals surface area contributed by atoms with Crippen LogP contribution in [0.3, 0.4) is 0 Å². The minimum absolute atomic E-state index is 0.103. The van der Waals surface area contributed by atoms with Crippen molar-refractivity contribution < 1.29 is 27.5 Å². The highest BCUT2D eigenvalue weighted by Gasteiger charge is 2.17. The second-order valence-electron chi connectivity index (χ2n) is 5.37. The molecule has 1 aromatic carbocycles. The molecule has 8 nitrogen and oxygen atoms in total. The van der Waals surface area contributed by atoms with Crippen LogP contribution in [0, 0.1) is 0 Å². The molecule has 0 spiro atoms. The highest BCUT2D eigenvalue weighted by atomic mass is 32.2. The summed E-state index contributed by atoms with van der Waals surface area (Å²) in [5.41, 5.74) is 1.02. The Kier molecular flexibility index (Phi) is 7.77. The Balaban J connectivity index is 1.63. The van der Waals surface area contributed by atoms with Gasteiger partial charge < -0.3 is 14.8 Å². The number of esters is 1. The van der Waals surface area contributed by atoms with Crippen molar-refractivity contribution in [1.29, 1.82) is 0 Å². The van der Waals surface area contributed by atoms with Gasteiger partial charge in [-0.25, -0.2) is 8.42 Å². The quantitative estimate of drug-likeness (QED) is 0.562. The molecule has 2 aromatic rings. The predicted molar refractivity (Wildman–Crippen MR) is 100 cm³/mol. The number of thiophene rings is 1. The number of benzene rings is 1. The Hall–Kier alpha value is -2.43. The molecule has 0 aliphatic carbocycles. The second-order valence-corrected chi connectivity index (χ2v) is 8.31. The maximum absolute atomic E-state index is 11.9. The molecule has 0 saturated heterocycles. The topological polar surface area (TPSA) is 111 Å². The fraction of sp³-hybridized carbons (Fsp3) is 0.294. The number of sulfonamides is 1. The van der Waals surface area contributed by atoms with Crippen LogP contribution >= 0.6 is 11.3 Å². The van der Waals surface area contributed by atoms with E-state index in [1.807, 2.05) is 24.3 Å². The zero-order valence-electron chi connectivity index (χ0n) is 14.6. The van der Waals surface area contributed by atoms with Crippen molar-refractivity contribution in [2.24, 2.45) is 0 Å². The van der Waals surface area contributed by atoms with Crippen molar-refractivity contribution in [1.82, 2.24) is 10.0 Å². The van der Waals surface area contributed by atoms with Gasteiger partial charge in [-0.15, -0.1) is 11.3 Å². The number of hydrogen-bond donors (Lipinski definition) is 2. The van der Waals surface area contributed by atoms with E-state index in [0.717, 1.165) is 22.6 Å². The smallest absolute Gasteiger partial charge is 0.321 e. The van der Waals surface area contributed by atoms with Crippen LogP contribution in [0.15, 0.2) is 46.0 Å². The molecule has 27 heavy (non-hydrogen) atoms. The van der Waals surface area contributed by atoms with Crippen molar-refractivity contribution in [2.45, 2.75) is 10.6 Å². The Morgan fingerprint density at radius 2 is 1.89 bits per heavy atom. The Labute approximate surface area is 161 Å². The molecule has 0 aliphatic rings. The third-order valence-electron chi connectivity index (χ3n) is 3.43. The molecule has 0 atom stereocenters. The van der Waals surface area contributed by atoms with Crippen molar-refractivity contribution in [3.63, 3.8) is 0 Å². The lowest BCUT2D eigenvalue weighted by molar-refractivity contribution is -0.147. The van der Waals surface area contributed by atoms with Gasteiger partial charge in [0.25, 0.3) is 15.9 Å². The molecule has 1 aromatic heterocycles. The van der Waals surface area contributed by atoms with Crippen molar-refractivity contribution in [2.75, 3.05) is 26.8 Å². The summed E-state index contributed by atoms with van der Waals surface area (Å²) in [6.45, 7) is -0.630. The van der Waals surface area contributed by atoms with E-state index in [9.17, 15) is 18.0 Å². The zero-order chi connectivity index (χ0) is 19.7. The molecule has 146 valence electrons. The third-order valence-corrected chi connectivity index (χ3v) is 6.22. The van der Waals surface area contributed by atoms with Crippen LogP contribution in [0.25, 0.3) is 0 Å². The molecule has 2 rings (SSSR count). The predicted octanol–water partition coefficient (Wildman–Crippen LogP) is 0.937. The standard InChI is InChI=1S/C17H20N2O6S2/c1-24-14-6-4-13(5-7-14)8-9-18-15(20)12-25-16(21)11-19-27(22,23)17-3-2-10-26-17/h2-7,10,19H,8-9,11-12H2,1H3,(H,18,20). The van der Waals surface area contributed by atoms with Crippen LogP contribution in [0.5, 0.6) is 5.75 Å². The van der Waals surface area contributed by atoms with Gasteiger partial charge in [0.2, 0.25) is 0 Å². The first-order valence-corrected chi connectivity index (χ1v) is 10.4. The van der Waals surface area contributed by atoms with E-state index in [-0.39, 0.29) is 4.21 Å². The van der Waals surface area contributed by atoms with E-state index >= 15 is 0 Å². The van der Waals surface area contributed by atoms with Crippen molar-refractivity contribution in [3.05, 3.63) is 47.3 Å². The van der Waals surface area contributed by atoms with Gasteiger partial charge >= 0.3 is 5.97 Å². The number of hydrogen-bond acceptors (Lipinski definition) is 7. The third kappa shape index (κ3) is 7.00. The van der Waals surface area contributed by atoms with Crippen LogP contribution < -0.4 is 14.8 Å². The highest BCUT2D eigenvalue weighted by Crippen LogP contribution is 2.14. The molecule has 2 N–H and O–H groups in total. The first-order chi connectivity index (χ1) is 12.9. The van der Waals surface area contributed by atoms with E-state index in [1.165, 1.54) is 6.07 Å². The van der Waals surface area contributed by atoms with E-state index in [2.05, 4.69) is 10.0 Å². The summed E-state index contributed by atoms with van der Waals surface area (Å²) >= 11 is 1.04. The summed E-state index contributed by atoms with van der Waals surface area (Å²) in [4.78, 5) is 23.3. The summed E-state index contributed by atoms with van der Waals surface area (Å²) in [5.74, 6) is -0.539. The number of amides is 1. The van der Waals surface area contributed by atoms with Gasteiger partial charge in [0, 0.05) is 6.54 Å². The molecule has 0 saturated carbocycles. The van der Waals surface area contributed by atoms with Crippen molar-refractivity contribution >= 4 is 33.2 Å². The molecule has 0 unspecified atom stereocenters. The Bertz CT molecular complexity index is 848. The molecular formula is C17H20N2O6S2. The average Bonchev–Trinajstić information content (AvgIpc) is 3.21. The van der Waals surface area contributed by atoms with E-state index in [4.69, 9.17) is 9.47 Å². The first kappa shape index (κ1) is 20.9. The second kappa shape index (κ2) is 10.0. The van der Waals surface area contributed by atoms with Gasteiger partial charge in [0.05, 0.1) is 7.11 Å². The van der Waals surface area contributed by atoms with Gasteiger partial charge in [-0.1, -0.05) is 18.2 Å². The maximum Gasteiger partial charge on any atom is 0.321 e. The molecule has 0 fully saturated rings. The van der Waals surface area contributed by atoms with Crippen LogP contribution in [0.2, 0.25) is 0 Å². The minimum Gasteiger partial charge on any atom is -0.497 e.